The van der Waals surface area contributed by atoms with Crippen LogP contribution >= 0.6 is 0 Å². The van der Waals surface area contributed by atoms with Crippen molar-refractivity contribution in [3.8, 4) is 6.07 Å². The zero-order valence-electron chi connectivity index (χ0n) is 8.98. The number of rotatable bonds is 2. The van der Waals surface area contributed by atoms with E-state index in [1.54, 1.807) is 12.4 Å². The van der Waals surface area contributed by atoms with Crippen LogP contribution in [0.5, 0.6) is 0 Å². The SMILES string of the molecule is CC(C#N)(c1cccnc1)N1CCCC1. The van der Waals surface area contributed by atoms with Crippen LogP contribution in [0.4, 0.5) is 0 Å². The standard InChI is InChI=1S/C12H15N3/c1-12(10-13,15-7-2-3-8-15)11-5-4-6-14-9-11/h4-6,9H,2-3,7-8H2,1H3. The zero-order chi connectivity index (χ0) is 10.7. The summed E-state index contributed by atoms with van der Waals surface area (Å²) >= 11 is 0. The highest BCUT2D eigenvalue weighted by Crippen LogP contribution is 2.30. The summed E-state index contributed by atoms with van der Waals surface area (Å²) < 4.78 is 0. The molecule has 1 aliphatic heterocycles. The van der Waals surface area contributed by atoms with Gasteiger partial charge in [-0.3, -0.25) is 9.88 Å². The van der Waals surface area contributed by atoms with Crippen molar-refractivity contribution in [2.24, 2.45) is 0 Å². The Morgan fingerprint density at radius 3 is 2.73 bits per heavy atom. The largest absolute Gasteiger partial charge is 0.282 e. The average Bonchev–Trinajstić information content (AvgIpc) is 2.83. The van der Waals surface area contributed by atoms with Gasteiger partial charge in [0.2, 0.25) is 0 Å². The van der Waals surface area contributed by atoms with E-state index in [9.17, 15) is 5.26 Å². The van der Waals surface area contributed by atoms with Crippen molar-refractivity contribution >= 4 is 0 Å². The Morgan fingerprint density at radius 1 is 1.47 bits per heavy atom. The average molecular weight is 201 g/mol. The molecule has 1 fully saturated rings. The van der Waals surface area contributed by atoms with Gasteiger partial charge in [-0.2, -0.15) is 5.26 Å². The molecule has 15 heavy (non-hydrogen) atoms. The first-order valence-corrected chi connectivity index (χ1v) is 5.34. The van der Waals surface area contributed by atoms with Crippen LogP contribution in [0.2, 0.25) is 0 Å². The molecule has 1 atom stereocenters. The summed E-state index contributed by atoms with van der Waals surface area (Å²) in [4.78, 5) is 6.33. The zero-order valence-corrected chi connectivity index (χ0v) is 8.98. The lowest BCUT2D eigenvalue weighted by Crippen LogP contribution is -2.40. The van der Waals surface area contributed by atoms with Gasteiger partial charge in [0.05, 0.1) is 6.07 Å². The molecular weight excluding hydrogens is 186 g/mol. The number of aromatic nitrogens is 1. The molecule has 0 radical (unpaired) electrons. The molecule has 0 amide bonds. The monoisotopic (exact) mass is 201 g/mol. The molecule has 1 aromatic rings. The molecule has 3 heteroatoms. The number of nitriles is 1. The summed E-state index contributed by atoms with van der Waals surface area (Å²) in [5, 5.41) is 9.38. The molecule has 2 rings (SSSR count). The Hall–Kier alpha value is -1.40. The van der Waals surface area contributed by atoms with E-state index in [-0.39, 0.29) is 0 Å². The van der Waals surface area contributed by atoms with Gasteiger partial charge in [0.1, 0.15) is 5.54 Å². The second-order valence-corrected chi connectivity index (χ2v) is 4.12. The Kier molecular flexibility index (Phi) is 2.70. The van der Waals surface area contributed by atoms with E-state index >= 15 is 0 Å². The minimum absolute atomic E-state index is 0.509. The maximum absolute atomic E-state index is 9.38. The lowest BCUT2D eigenvalue weighted by molar-refractivity contribution is 0.193. The minimum atomic E-state index is -0.509. The first kappa shape index (κ1) is 10.1. The quantitative estimate of drug-likeness (QED) is 0.734. The van der Waals surface area contributed by atoms with Crippen LogP contribution in [0.3, 0.4) is 0 Å². The van der Waals surface area contributed by atoms with Crippen molar-refractivity contribution in [1.82, 2.24) is 9.88 Å². The summed E-state index contributed by atoms with van der Waals surface area (Å²) in [6, 6.07) is 6.29. The second kappa shape index (κ2) is 4.00. The number of pyridine rings is 1. The van der Waals surface area contributed by atoms with Crippen LogP contribution in [-0.2, 0) is 5.54 Å². The molecule has 0 aliphatic carbocycles. The predicted molar refractivity (Wildman–Crippen MR) is 58.0 cm³/mol. The second-order valence-electron chi connectivity index (χ2n) is 4.12. The van der Waals surface area contributed by atoms with E-state index in [1.807, 2.05) is 19.1 Å². The first-order valence-electron chi connectivity index (χ1n) is 5.34. The van der Waals surface area contributed by atoms with Gasteiger partial charge in [0.15, 0.2) is 0 Å². The molecule has 1 aromatic heterocycles. The Morgan fingerprint density at radius 2 is 2.20 bits per heavy atom. The van der Waals surface area contributed by atoms with E-state index in [0.29, 0.717) is 0 Å². The van der Waals surface area contributed by atoms with Gasteiger partial charge in [0, 0.05) is 18.0 Å². The fourth-order valence-electron chi connectivity index (χ4n) is 2.13. The fraction of sp³-hybridized carbons (Fsp3) is 0.500. The summed E-state index contributed by atoms with van der Waals surface area (Å²) in [6.45, 7) is 4.01. The van der Waals surface area contributed by atoms with Crippen LogP contribution in [0, 0.1) is 11.3 Å². The highest BCUT2D eigenvalue weighted by molar-refractivity contribution is 5.28. The molecular formula is C12H15N3. The number of likely N-dealkylation sites (tertiary alicyclic amines) is 1. The Balaban J connectivity index is 2.33. The molecule has 0 spiro atoms. The van der Waals surface area contributed by atoms with Crippen molar-refractivity contribution in [2.75, 3.05) is 13.1 Å². The fourth-order valence-corrected chi connectivity index (χ4v) is 2.13. The van der Waals surface area contributed by atoms with Crippen molar-refractivity contribution in [3.63, 3.8) is 0 Å². The number of nitrogens with zero attached hydrogens (tertiary/aromatic N) is 3. The van der Waals surface area contributed by atoms with E-state index < -0.39 is 5.54 Å². The molecule has 1 unspecified atom stereocenters. The highest BCUT2D eigenvalue weighted by atomic mass is 15.2. The van der Waals surface area contributed by atoms with Crippen molar-refractivity contribution in [3.05, 3.63) is 30.1 Å². The third-order valence-electron chi connectivity index (χ3n) is 3.18. The van der Waals surface area contributed by atoms with Crippen LogP contribution in [0.25, 0.3) is 0 Å². The van der Waals surface area contributed by atoms with Gasteiger partial charge in [0.25, 0.3) is 0 Å². The van der Waals surface area contributed by atoms with Gasteiger partial charge in [-0.25, -0.2) is 0 Å². The molecule has 3 nitrogen and oxygen atoms in total. The highest BCUT2D eigenvalue weighted by Gasteiger charge is 2.35. The summed E-state index contributed by atoms with van der Waals surface area (Å²) in [5.41, 5.74) is 0.486. The molecule has 78 valence electrons. The maximum atomic E-state index is 9.38. The van der Waals surface area contributed by atoms with Gasteiger partial charge in [-0.15, -0.1) is 0 Å². The van der Waals surface area contributed by atoms with Crippen LogP contribution in [0.15, 0.2) is 24.5 Å². The van der Waals surface area contributed by atoms with E-state index in [1.165, 1.54) is 12.8 Å². The lowest BCUT2D eigenvalue weighted by Gasteiger charge is -2.32. The van der Waals surface area contributed by atoms with Gasteiger partial charge < -0.3 is 0 Å². The molecule has 0 bridgehead atoms. The number of hydrogen-bond acceptors (Lipinski definition) is 3. The summed E-state index contributed by atoms with van der Waals surface area (Å²) in [7, 11) is 0. The number of hydrogen-bond donors (Lipinski definition) is 0. The normalized spacial score (nSPS) is 20.8. The van der Waals surface area contributed by atoms with Gasteiger partial charge in [-0.05, 0) is 38.9 Å². The smallest absolute Gasteiger partial charge is 0.133 e. The van der Waals surface area contributed by atoms with E-state index in [4.69, 9.17) is 0 Å². The predicted octanol–water partition coefficient (Wildman–Crippen LogP) is 1.92. The molecule has 0 saturated carbocycles. The van der Waals surface area contributed by atoms with Crippen molar-refractivity contribution in [1.29, 1.82) is 5.26 Å². The van der Waals surface area contributed by atoms with Crippen LogP contribution < -0.4 is 0 Å². The lowest BCUT2D eigenvalue weighted by atomic mass is 9.93. The van der Waals surface area contributed by atoms with Crippen molar-refractivity contribution in [2.45, 2.75) is 25.3 Å². The van der Waals surface area contributed by atoms with Gasteiger partial charge >= 0.3 is 0 Å². The summed E-state index contributed by atoms with van der Waals surface area (Å²) in [6.07, 6.45) is 5.92. The van der Waals surface area contributed by atoms with Crippen LogP contribution in [0.1, 0.15) is 25.3 Å². The van der Waals surface area contributed by atoms with E-state index in [0.717, 1.165) is 18.7 Å². The van der Waals surface area contributed by atoms with Crippen LogP contribution in [-0.4, -0.2) is 23.0 Å². The third kappa shape index (κ3) is 1.73. The molecule has 2 heterocycles. The summed E-state index contributed by atoms with van der Waals surface area (Å²) in [5.74, 6) is 0. The first-order chi connectivity index (χ1) is 7.27. The molecule has 1 saturated heterocycles. The topological polar surface area (TPSA) is 39.9 Å². The molecule has 1 aliphatic rings. The maximum Gasteiger partial charge on any atom is 0.133 e. The third-order valence-corrected chi connectivity index (χ3v) is 3.18. The Labute approximate surface area is 90.4 Å². The Bertz CT molecular complexity index is 362. The molecule has 0 aromatic carbocycles. The minimum Gasteiger partial charge on any atom is -0.282 e. The molecule has 0 N–H and O–H groups in total. The van der Waals surface area contributed by atoms with Gasteiger partial charge in [-0.1, -0.05) is 6.07 Å². The van der Waals surface area contributed by atoms with E-state index in [2.05, 4.69) is 16.0 Å². The van der Waals surface area contributed by atoms with Crippen molar-refractivity contribution < 1.29 is 0 Å².